The fraction of sp³-hybridized carbons (Fsp3) is 0.429. The van der Waals surface area contributed by atoms with E-state index >= 15 is 0 Å². The summed E-state index contributed by atoms with van der Waals surface area (Å²) in [4.78, 5) is 16.8. The summed E-state index contributed by atoms with van der Waals surface area (Å²) in [5, 5.41) is 9.24. The summed E-state index contributed by atoms with van der Waals surface area (Å²) in [6, 6.07) is 2.32. The molecule has 1 atom stereocenters. The molecule has 8 heteroatoms. The van der Waals surface area contributed by atoms with Gasteiger partial charge in [0.25, 0.3) is 6.01 Å². The van der Waals surface area contributed by atoms with E-state index in [1.165, 1.54) is 11.0 Å². The molecule has 1 aliphatic heterocycles. The van der Waals surface area contributed by atoms with Gasteiger partial charge in [-0.15, -0.1) is 0 Å². The van der Waals surface area contributed by atoms with Crippen LogP contribution in [-0.4, -0.2) is 28.6 Å². The van der Waals surface area contributed by atoms with Gasteiger partial charge in [-0.25, -0.2) is 4.79 Å². The number of carboxylic acids is 1. The average molecular weight is 314 g/mol. The number of halogens is 3. The van der Waals surface area contributed by atoms with Crippen LogP contribution in [0.15, 0.2) is 22.6 Å². The first-order chi connectivity index (χ1) is 10.4. The zero-order valence-electron chi connectivity index (χ0n) is 11.4. The Kier molecular flexibility index (Phi) is 3.46. The molecular formula is C14H13F3N2O3. The maximum absolute atomic E-state index is 12.7. The molecule has 1 N–H and O–H groups in total. The third kappa shape index (κ3) is 2.60. The van der Waals surface area contributed by atoms with Crippen LogP contribution >= 0.6 is 0 Å². The summed E-state index contributed by atoms with van der Waals surface area (Å²) in [6.45, 7) is 0.454. The molecule has 0 bridgehead atoms. The van der Waals surface area contributed by atoms with Gasteiger partial charge in [-0.05, 0) is 37.5 Å². The molecule has 0 aliphatic carbocycles. The molecule has 1 fully saturated rings. The summed E-state index contributed by atoms with van der Waals surface area (Å²) >= 11 is 0. The molecule has 22 heavy (non-hydrogen) atoms. The molecule has 2 heterocycles. The fourth-order valence-corrected chi connectivity index (χ4v) is 2.63. The van der Waals surface area contributed by atoms with Gasteiger partial charge in [0.15, 0.2) is 5.58 Å². The normalized spacial score (nSPS) is 19.6. The van der Waals surface area contributed by atoms with E-state index < -0.39 is 23.8 Å². The first-order valence-electron chi connectivity index (χ1n) is 6.83. The second kappa shape index (κ2) is 5.19. The van der Waals surface area contributed by atoms with Gasteiger partial charge >= 0.3 is 12.1 Å². The molecule has 1 aliphatic rings. The van der Waals surface area contributed by atoms with Crippen molar-refractivity contribution in [3.63, 3.8) is 0 Å². The molecular weight excluding hydrogens is 301 g/mol. The smallest absolute Gasteiger partial charge is 0.416 e. The summed E-state index contributed by atoms with van der Waals surface area (Å²) in [7, 11) is 0. The SMILES string of the molecule is O=C(O)[C@@H]1CCCCN1c1nc2cc(C(F)(F)F)ccc2o1. The van der Waals surface area contributed by atoms with Crippen molar-refractivity contribution >= 4 is 23.1 Å². The lowest BCUT2D eigenvalue weighted by atomic mass is 10.0. The number of piperidine rings is 1. The largest absolute Gasteiger partial charge is 0.480 e. The van der Waals surface area contributed by atoms with E-state index in [1.807, 2.05) is 0 Å². The van der Waals surface area contributed by atoms with Crippen molar-refractivity contribution in [3.05, 3.63) is 23.8 Å². The lowest BCUT2D eigenvalue weighted by Crippen LogP contribution is -2.44. The van der Waals surface area contributed by atoms with E-state index in [0.29, 0.717) is 13.0 Å². The molecule has 0 saturated carbocycles. The average Bonchev–Trinajstić information content (AvgIpc) is 2.89. The van der Waals surface area contributed by atoms with Crippen LogP contribution in [0.5, 0.6) is 0 Å². The molecule has 118 valence electrons. The van der Waals surface area contributed by atoms with E-state index in [4.69, 9.17) is 4.42 Å². The number of nitrogens with zero attached hydrogens (tertiary/aromatic N) is 2. The monoisotopic (exact) mass is 314 g/mol. The van der Waals surface area contributed by atoms with Crippen LogP contribution < -0.4 is 4.90 Å². The lowest BCUT2D eigenvalue weighted by Gasteiger charge is -2.31. The topological polar surface area (TPSA) is 66.6 Å². The Hall–Kier alpha value is -2.25. The molecule has 2 aromatic rings. The predicted octanol–water partition coefficient (Wildman–Crippen LogP) is 3.29. The highest BCUT2D eigenvalue weighted by molar-refractivity contribution is 5.79. The first kappa shape index (κ1) is 14.7. The minimum Gasteiger partial charge on any atom is -0.480 e. The molecule has 0 radical (unpaired) electrons. The zero-order valence-corrected chi connectivity index (χ0v) is 11.4. The number of rotatable bonds is 2. The molecule has 0 amide bonds. The Morgan fingerprint density at radius 1 is 1.36 bits per heavy atom. The third-order valence-electron chi connectivity index (χ3n) is 3.74. The number of hydrogen-bond acceptors (Lipinski definition) is 4. The minimum absolute atomic E-state index is 0.0569. The highest BCUT2D eigenvalue weighted by atomic mass is 19.4. The Morgan fingerprint density at radius 3 is 2.82 bits per heavy atom. The van der Waals surface area contributed by atoms with E-state index in [0.717, 1.165) is 25.0 Å². The number of carbonyl (C=O) groups is 1. The van der Waals surface area contributed by atoms with Gasteiger partial charge in [0.2, 0.25) is 0 Å². The molecule has 3 rings (SSSR count). The summed E-state index contributed by atoms with van der Waals surface area (Å²) in [5.41, 5.74) is -0.537. The number of oxazole rings is 1. The summed E-state index contributed by atoms with van der Waals surface area (Å²) in [6.07, 6.45) is -2.42. The summed E-state index contributed by atoms with van der Waals surface area (Å²) in [5.74, 6) is -0.988. The van der Waals surface area contributed by atoms with Crippen molar-refractivity contribution in [3.8, 4) is 0 Å². The molecule has 1 aromatic carbocycles. The Balaban J connectivity index is 1.99. The molecule has 1 saturated heterocycles. The zero-order chi connectivity index (χ0) is 15.9. The van der Waals surface area contributed by atoms with E-state index in [-0.39, 0.29) is 17.1 Å². The third-order valence-corrected chi connectivity index (χ3v) is 3.74. The maximum atomic E-state index is 12.7. The van der Waals surface area contributed by atoms with Gasteiger partial charge < -0.3 is 14.4 Å². The molecule has 1 aromatic heterocycles. The molecule has 5 nitrogen and oxygen atoms in total. The standard InChI is InChI=1S/C14H13F3N2O3/c15-14(16,17)8-4-5-11-9(7-8)18-13(22-11)19-6-2-1-3-10(19)12(20)21/h4-5,7,10H,1-3,6H2,(H,20,21)/t10-/m0/s1. The molecule has 0 unspecified atom stereocenters. The Morgan fingerprint density at radius 2 is 2.14 bits per heavy atom. The predicted molar refractivity (Wildman–Crippen MR) is 71.6 cm³/mol. The number of aliphatic carboxylic acids is 1. The van der Waals surface area contributed by atoms with Crippen LogP contribution in [0, 0.1) is 0 Å². The van der Waals surface area contributed by atoms with E-state index in [1.54, 1.807) is 0 Å². The number of aromatic nitrogens is 1. The Bertz CT molecular complexity index is 711. The van der Waals surface area contributed by atoms with Crippen LogP contribution in [0.3, 0.4) is 0 Å². The number of fused-ring (bicyclic) bond motifs is 1. The van der Waals surface area contributed by atoms with Gasteiger partial charge in [0, 0.05) is 6.54 Å². The van der Waals surface area contributed by atoms with Gasteiger partial charge in [-0.2, -0.15) is 18.2 Å². The quantitative estimate of drug-likeness (QED) is 0.921. The van der Waals surface area contributed by atoms with Gasteiger partial charge in [0.1, 0.15) is 11.6 Å². The first-order valence-corrected chi connectivity index (χ1v) is 6.83. The second-order valence-electron chi connectivity index (χ2n) is 5.22. The number of carboxylic acid groups (broad SMARTS) is 1. The van der Waals surface area contributed by atoms with Crippen LogP contribution in [0.25, 0.3) is 11.1 Å². The van der Waals surface area contributed by atoms with Gasteiger partial charge in [-0.1, -0.05) is 0 Å². The second-order valence-corrected chi connectivity index (χ2v) is 5.22. The number of alkyl halides is 3. The Labute approximate surface area is 123 Å². The van der Waals surface area contributed by atoms with Gasteiger partial charge in [-0.3, -0.25) is 0 Å². The van der Waals surface area contributed by atoms with Crippen LogP contribution in [-0.2, 0) is 11.0 Å². The molecule has 0 spiro atoms. The highest BCUT2D eigenvalue weighted by Crippen LogP contribution is 2.33. The van der Waals surface area contributed by atoms with Crippen molar-refractivity contribution in [2.45, 2.75) is 31.5 Å². The van der Waals surface area contributed by atoms with Crippen LogP contribution in [0.1, 0.15) is 24.8 Å². The minimum atomic E-state index is -4.46. The van der Waals surface area contributed by atoms with Crippen molar-refractivity contribution in [2.24, 2.45) is 0 Å². The van der Waals surface area contributed by atoms with E-state index in [2.05, 4.69) is 4.98 Å². The van der Waals surface area contributed by atoms with Crippen molar-refractivity contribution in [2.75, 3.05) is 11.4 Å². The summed E-state index contributed by atoms with van der Waals surface area (Å²) < 4.78 is 43.5. The maximum Gasteiger partial charge on any atom is 0.416 e. The number of benzene rings is 1. The van der Waals surface area contributed by atoms with E-state index in [9.17, 15) is 23.1 Å². The highest BCUT2D eigenvalue weighted by Gasteiger charge is 2.33. The van der Waals surface area contributed by atoms with Crippen molar-refractivity contribution in [1.82, 2.24) is 4.98 Å². The van der Waals surface area contributed by atoms with Crippen LogP contribution in [0.4, 0.5) is 19.2 Å². The van der Waals surface area contributed by atoms with Gasteiger partial charge in [0.05, 0.1) is 5.56 Å². The van der Waals surface area contributed by atoms with Crippen molar-refractivity contribution in [1.29, 1.82) is 0 Å². The van der Waals surface area contributed by atoms with Crippen molar-refractivity contribution < 1.29 is 27.5 Å². The number of anilines is 1. The van der Waals surface area contributed by atoms with Crippen LogP contribution in [0.2, 0.25) is 0 Å². The lowest BCUT2D eigenvalue weighted by molar-refractivity contribution is -0.139. The fourth-order valence-electron chi connectivity index (χ4n) is 2.63. The number of hydrogen-bond donors (Lipinski definition) is 1.